The Balaban J connectivity index is 2.23. The van der Waals surface area contributed by atoms with Gasteiger partial charge >= 0.3 is 0 Å². The lowest BCUT2D eigenvalue weighted by atomic mass is 9.87. The van der Waals surface area contributed by atoms with Crippen LogP contribution in [0, 0.1) is 17.3 Å². The minimum Gasteiger partial charge on any atom is -0.396 e. The summed E-state index contributed by atoms with van der Waals surface area (Å²) < 4.78 is 0. The normalized spacial score (nSPS) is 18.2. The van der Waals surface area contributed by atoms with Crippen LogP contribution < -0.4 is 5.32 Å². The van der Waals surface area contributed by atoms with Gasteiger partial charge in [0.2, 0.25) is 5.91 Å². The van der Waals surface area contributed by atoms with Gasteiger partial charge in [0.15, 0.2) is 0 Å². The Morgan fingerprint density at radius 1 is 1.50 bits per heavy atom. The van der Waals surface area contributed by atoms with Crippen molar-refractivity contribution in [2.45, 2.75) is 46.5 Å². The number of carbonyl (C=O) groups excluding carboxylic acids is 1. The molecule has 1 fully saturated rings. The van der Waals surface area contributed by atoms with Crippen molar-refractivity contribution in [1.82, 2.24) is 5.32 Å². The van der Waals surface area contributed by atoms with Crippen LogP contribution in [0.3, 0.4) is 0 Å². The molecule has 3 nitrogen and oxygen atoms in total. The van der Waals surface area contributed by atoms with E-state index in [0.717, 1.165) is 12.8 Å². The van der Waals surface area contributed by atoms with Crippen LogP contribution >= 0.6 is 0 Å². The smallest absolute Gasteiger partial charge is 0.223 e. The minimum atomic E-state index is 0.0850. The first-order valence-corrected chi connectivity index (χ1v) is 6.35. The van der Waals surface area contributed by atoms with E-state index in [4.69, 9.17) is 5.11 Å². The van der Waals surface area contributed by atoms with Gasteiger partial charge in [-0.25, -0.2) is 0 Å². The molecule has 16 heavy (non-hydrogen) atoms. The standard InChI is InChI=1S/C13H25NO2/c1-10(11-5-6-11)12(16)14-9-13(2,3)7-4-8-15/h10-11,15H,4-9H2,1-3H3,(H,14,16). The van der Waals surface area contributed by atoms with Gasteiger partial charge in [-0.05, 0) is 37.0 Å². The summed E-state index contributed by atoms with van der Waals surface area (Å²) in [5.41, 5.74) is 0.0850. The van der Waals surface area contributed by atoms with E-state index in [9.17, 15) is 4.79 Å². The van der Waals surface area contributed by atoms with Gasteiger partial charge in [-0.15, -0.1) is 0 Å². The van der Waals surface area contributed by atoms with E-state index in [2.05, 4.69) is 19.2 Å². The molecule has 1 aliphatic carbocycles. The average Bonchev–Trinajstić information content (AvgIpc) is 3.06. The van der Waals surface area contributed by atoms with Crippen LogP contribution in [0.15, 0.2) is 0 Å². The second-order valence-corrected chi connectivity index (χ2v) is 5.84. The van der Waals surface area contributed by atoms with Crippen molar-refractivity contribution in [3.05, 3.63) is 0 Å². The second-order valence-electron chi connectivity index (χ2n) is 5.84. The van der Waals surface area contributed by atoms with Crippen LogP contribution in [0.4, 0.5) is 0 Å². The van der Waals surface area contributed by atoms with Crippen molar-refractivity contribution in [2.24, 2.45) is 17.3 Å². The Bertz CT molecular complexity index is 234. The van der Waals surface area contributed by atoms with E-state index in [-0.39, 0.29) is 23.8 Å². The average molecular weight is 227 g/mol. The van der Waals surface area contributed by atoms with Gasteiger partial charge in [0.25, 0.3) is 0 Å². The zero-order chi connectivity index (χ0) is 12.2. The van der Waals surface area contributed by atoms with E-state index < -0.39 is 0 Å². The number of aliphatic hydroxyl groups is 1. The van der Waals surface area contributed by atoms with Crippen molar-refractivity contribution in [1.29, 1.82) is 0 Å². The van der Waals surface area contributed by atoms with Gasteiger partial charge in [-0.2, -0.15) is 0 Å². The Labute approximate surface area is 98.6 Å². The summed E-state index contributed by atoms with van der Waals surface area (Å²) in [5, 5.41) is 11.8. The molecule has 1 aliphatic rings. The molecule has 0 radical (unpaired) electrons. The number of carbonyl (C=O) groups is 1. The lowest BCUT2D eigenvalue weighted by Gasteiger charge is -2.25. The molecule has 1 rings (SSSR count). The molecular formula is C13H25NO2. The Hall–Kier alpha value is -0.570. The second kappa shape index (κ2) is 5.67. The first-order chi connectivity index (χ1) is 7.46. The highest BCUT2D eigenvalue weighted by Gasteiger charge is 2.33. The van der Waals surface area contributed by atoms with Crippen LogP contribution in [-0.4, -0.2) is 24.2 Å². The summed E-state index contributed by atoms with van der Waals surface area (Å²) in [5.74, 6) is 0.994. The van der Waals surface area contributed by atoms with E-state index in [1.807, 2.05) is 6.92 Å². The number of amides is 1. The zero-order valence-corrected chi connectivity index (χ0v) is 10.8. The van der Waals surface area contributed by atoms with Gasteiger partial charge in [0.05, 0.1) is 0 Å². The third-order valence-electron chi connectivity index (χ3n) is 3.50. The molecule has 0 aromatic heterocycles. The molecule has 0 heterocycles. The summed E-state index contributed by atoms with van der Waals surface area (Å²) in [6.45, 7) is 7.22. The van der Waals surface area contributed by atoms with Crippen molar-refractivity contribution >= 4 is 5.91 Å². The molecule has 1 saturated carbocycles. The minimum absolute atomic E-state index is 0.0850. The van der Waals surface area contributed by atoms with E-state index >= 15 is 0 Å². The van der Waals surface area contributed by atoms with Crippen LogP contribution in [0.2, 0.25) is 0 Å². The molecule has 1 atom stereocenters. The largest absolute Gasteiger partial charge is 0.396 e. The van der Waals surface area contributed by atoms with Crippen molar-refractivity contribution in [3.8, 4) is 0 Å². The molecule has 0 bridgehead atoms. The van der Waals surface area contributed by atoms with Crippen molar-refractivity contribution in [2.75, 3.05) is 13.2 Å². The highest BCUT2D eigenvalue weighted by atomic mass is 16.2. The van der Waals surface area contributed by atoms with Crippen molar-refractivity contribution in [3.63, 3.8) is 0 Å². The molecule has 0 spiro atoms. The van der Waals surface area contributed by atoms with Gasteiger partial charge in [-0.3, -0.25) is 4.79 Å². The molecule has 94 valence electrons. The summed E-state index contributed by atoms with van der Waals surface area (Å²) in [7, 11) is 0. The highest BCUT2D eigenvalue weighted by Crippen LogP contribution is 2.36. The first kappa shape index (κ1) is 13.5. The molecule has 0 aromatic carbocycles. The predicted octanol–water partition coefficient (Wildman–Crippen LogP) is 1.95. The summed E-state index contributed by atoms with van der Waals surface area (Å²) in [4.78, 5) is 11.8. The third-order valence-corrected chi connectivity index (χ3v) is 3.50. The topological polar surface area (TPSA) is 49.3 Å². The monoisotopic (exact) mass is 227 g/mol. The van der Waals surface area contributed by atoms with Crippen LogP contribution in [0.5, 0.6) is 0 Å². The Kier molecular flexibility index (Phi) is 4.78. The lowest BCUT2D eigenvalue weighted by molar-refractivity contribution is -0.125. The Morgan fingerprint density at radius 3 is 2.62 bits per heavy atom. The molecule has 2 N–H and O–H groups in total. The number of aliphatic hydroxyl groups excluding tert-OH is 1. The zero-order valence-electron chi connectivity index (χ0n) is 10.8. The van der Waals surface area contributed by atoms with Crippen molar-refractivity contribution < 1.29 is 9.90 Å². The van der Waals surface area contributed by atoms with Gasteiger partial charge < -0.3 is 10.4 Å². The fourth-order valence-electron chi connectivity index (χ4n) is 1.94. The van der Waals surface area contributed by atoms with Crippen LogP contribution in [-0.2, 0) is 4.79 Å². The molecular weight excluding hydrogens is 202 g/mol. The van der Waals surface area contributed by atoms with Gasteiger partial charge in [0.1, 0.15) is 0 Å². The lowest BCUT2D eigenvalue weighted by Crippen LogP contribution is -2.37. The SMILES string of the molecule is CC(C(=O)NCC(C)(C)CCCO)C1CC1. The fourth-order valence-corrected chi connectivity index (χ4v) is 1.94. The first-order valence-electron chi connectivity index (χ1n) is 6.35. The molecule has 1 unspecified atom stereocenters. The number of rotatable bonds is 7. The maximum Gasteiger partial charge on any atom is 0.223 e. The quantitative estimate of drug-likeness (QED) is 0.698. The maximum atomic E-state index is 11.8. The fraction of sp³-hybridized carbons (Fsp3) is 0.923. The van der Waals surface area contributed by atoms with Gasteiger partial charge in [0, 0.05) is 19.1 Å². The summed E-state index contributed by atoms with van der Waals surface area (Å²) >= 11 is 0. The third kappa shape index (κ3) is 4.52. The molecule has 0 aliphatic heterocycles. The van der Waals surface area contributed by atoms with Crippen LogP contribution in [0.25, 0.3) is 0 Å². The van der Waals surface area contributed by atoms with E-state index in [1.165, 1.54) is 12.8 Å². The number of hydrogen-bond donors (Lipinski definition) is 2. The number of nitrogens with one attached hydrogen (secondary N) is 1. The molecule has 0 saturated heterocycles. The predicted molar refractivity (Wildman–Crippen MR) is 65.0 cm³/mol. The van der Waals surface area contributed by atoms with Crippen LogP contribution in [0.1, 0.15) is 46.5 Å². The summed E-state index contributed by atoms with van der Waals surface area (Å²) in [6.07, 6.45) is 4.17. The molecule has 3 heteroatoms. The van der Waals surface area contributed by atoms with Gasteiger partial charge in [-0.1, -0.05) is 20.8 Å². The summed E-state index contributed by atoms with van der Waals surface area (Å²) in [6, 6.07) is 0. The maximum absolute atomic E-state index is 11.8. The molecule has 0 aromatic rings. The Morgan fingerprint density at radius 2 is 2.12 bits per heavy atom. The molecule has 1 amide bonds. The van der Waals surface area contributed by atoms with E-state index in [0.29, 0.717) is 12.5 Å². The highest BCUT2D eigenvalue weighted by molar-refractivity contribution is 5.78. The van der Waals surface area contributed by atoms with E-state index in [1.54, 1.807) is 0 Å². The number of hydrogen-bond acceptors (Lipinski definition) is 2.